The Morgan fingerprint density at radius 2 is 2.19 bits per heavy atom. The number of hydrogen-bond acceptors (Lipinski definition) is 5. The van der Waals surface area contributed by atoms with Gasteiger partial charge >= 0.3 is 5.69 Å². The number of rotatable bonds is 2. The molecule has 1 aliphatic rings. The van der Waals surface area contributed by atoms with E-state index in [0.717, 1.165) is 27.0 Å². The molecule has 5 rings (SSSR count). The quantitative estimate of drug-likeness (QED) is 0.527. The Morgan fingerprint density at radius 3 is 2.89 bits per heavy atom. The summed E-state index contributed by atoms with van der Waals surface area (Å²) in [5.74, 6) is 1.35. The van der Waals surface area contributed by atoms with E-state index in [4.69, 9.17) is 9.26 Å². The number of ether oxygens (including phenoxy) is 1. The molecule has 4 aromatic rings. The zero-order valence-corrected chi connectivity index (χ0v) is 16.2. The van der Waals surface area contributed by atoms with Crippen LogP contribution in [-0.2, 0) is 0 Å². The van der Waals surface area contributed by atoms with E-state index in [1.54, 1.807) is 10.8 Å². The minimum Gasteiger partial charge on any atom is -0.488 e. The van der Waals surface area contributed by atoms with Gasteiger partial charge in [0.1, 0.15) is 23.9 Å². The monoisotopic (exact) mass is 426 g/mol. The predicted octanol–water partition coefficient (Wildman–Crippen LogP) is 3.74. The maximum atomic E-state index is 12.8. The van der Waals surface area contributed by atoms with Crippen molar-refractivity contribution in [2.75, 3.05) is 6.61 Å². The number of aryl methyl sites for hydroxylation is 2. The van der Waals surface area contributed by atoms with Gasteiger partial charge in [-0.2, -0.15) is 0 Å². The number of benzene rings is 1. The second-order valence-corrected chi connectivity index (χ2v) is 7.39. The van der Waals surface area contributed by atoms with Crippen LogP contribution in [0.5, 0.6) is 5.75 Å². The number of halogens is 1. The largest absolute Gasteiger partial charge is 0.488 e. The molecule has 1 N–H and O–H groups in total. The number of nitrogens with one attached hydrogen (secondary N) is 1. The molecule has 0 unspecified atom stereocenters. The minimum atomic E-state index is -0.299. The highest BCUT2D eigenvalue weighted by atomic mass is 79.9. The number of H-pyrrole nitrogens is 1. The zero-order valence-electron chi connectivity index (χ0n) is 14.6. The molecule has 0 aliphatic carbocycles. The maximum Gasteiger partial charge on any atom is 0.327 e. The summed E-state index contributed by atoms with van der Waals surface area (Å²) < 4.78 is 14.0. The Morgan fingerprint density at radius 1 is 1.33 bits per heavy atom. The molecule has 1 aliphatic heterocycles. The molecule has 1 aromatic carbocycles. The van der Waals surface area contributed by atoms with Crippen LogP contribution in [0, 0.1) is 13.8 Å². The van der Waals surface area contributed by atoms with Gasteiger partial charge < -0.3 is 14.2 Å². The van der Waals surface area contributed by atoms with Gasteiger partial charge in [-0.05, 0) is 48.0 Å². The fourth-order valence-corrected chi connectivity index (χ4v) is 4.28. The smallest absolute Gasteiger partial charge is 0.327 e. The second kappa shape index (κ2) is 5.82. The van der Waals surface area contributed by atoms with Crippen molar-refractivity contribution in [1.82, 2.24) is 19.7 Å². The normalized spacial score (nSPS) is 15.9. The van der Waals surface area contributed by atoms with Crippen LogP contribution in [0.2, 0.25) is 0 Å². The van der Waals surface area contributed by atoms with Gasteiger partial charge in [-0.15, -0.1) is 0 Å². The first-order valence-corrected chi connectivity index (χ1v) is 9.29. The Hall–Kier alpha value is -2.87. The highest BCUT2D eigenvalue weighted by Gasteiger charge is 2.32. The minimum absolute atomic E-state index is 0.193. The molecule has 7 nitrogen and oxygen atoms in total. The fourth-order valence-electron chi connectivity index (χ4n) is 3.76. The van der Waals surface area contributed by atoms with E-state index in [2.05, 4.69) is 31.1 Å². The van der Waals surface area contributed by atoms with Crippen molar-refractivity contribution in [1.29, 1.82) is 0 Å². The predicted molar refractivity (Wildman–Crippen MR) is 103 cm³/mol. The highest BCUT2D eigenvalue weighted by Crippen LogP contribution is 2.45. The van der Waals surface area contributed by atoms with Crippen LogP contribution in [0.3, 0.4) is 0 Å². The first-order valence-electron chi connectivity index (χ1n) is 8.50. The van der Waals surface area contributed by atoms with Gasteiger partial charge in [0.2, 0.25) is 0 Å². The van der Waals surface area contributed by atoms with Gasteiger partial charge in [-0.1, -0.05) is 11.2 Å². The van der Waals surface area contributed by atoms with Crippen LogP contribution in [0.25, 0.3) is 22.2 Å². The van der Waals surface area contributed by atoms with Crippen molar-refractivity contribution in [2.45, 2.75) is 19.9 Å². The molecule has 0 bridgehead atoms. The first kappa shape index (κ1) is 16.3. The molecule has 0 saturated heterocycles. The number of imidazole rings is 1. The Kier molecular flexibility index (Phi) is 3.51. The Bertz CT molecular complexity index is 1220. The van der Waals surface area contributed by atoms with Gasteiger partial charge in [0.25, 0.3) is 0 Å². The molecule has 0 spiro atoms. The highest BCUT2D eigenvalue weighted by molar-refractivity contribution is 9.10. The Labute approximate surface area is 162 Å². The van der Waals surface area contributed by atoms with Crippen molar-refractivity contribution < 1.29 is 9.26 Å². The molecule has 3 aromatic heterocycles. The van der Waals surface area contributed by atoms with Crippen LogP contribution in [0.1, 0.15) is 23.2 Å². The van der Waals surface area contributed by atoms with Crippen molar-refractivity contribution in [2.24, 2.45) is 0 Å². The van der Waals surface area contributed by atoms with Crippen LogP contribution in [0.4, 0.5) is 0 Å². The Balaban J connectivity index is 1.85. The number of pyridine rings is 1. The number of nitrogens with zero attached hydrogens (tertiary/aromatic N) is 3. The van der Waals surface area contributed by atoms with E-state index < -0.39 is 0 Å². The lowest BCUT2D eigenvalue weighted by atomic mass is 10.0. The fraction of sp³-hybridized carbons (Fsp3) is 0.211. The number of aromatic nitrogens is 4. The molecular formula is C19H15BrN4O3. The zero-order chi connectivity index (χ0) is 18.7. The van der Waals surface area contributed by atoms with Crippen LogP contribution in [-0.4, -0.2) is 26.3 Å². The molecule has 8 heteroatoms. The summed E-state index contributed by atoms with van der Waals surface area (Å²) in [6.45, 7) is 4.07. The molecule has 27 heavy (non-hydrogen) atoms. The van der Waals surface area contributed by atoms with Crippen LogP contribution >= 0.6 is 15.9 Å². The van der Waals surface area contributed by atoms with E-state index in [0.29, 0.717) is 29.2 Å². The lowest BCUT2D eigenvalue weighted by Crippen LogP contribution is -2.31. The standard InChI is InChI=1S/C19H15BrN4O3/c1-9-15(10(2)27-23-9)11-7-12(20)16-17-18(11)26-8-14(24(17)19(25)22-16)13-5-3-4-6-21-13/h3-7,14H,8H2,1-2H3,(H,22,25)/t14-/m1/s1. The topological polar surface area (TPSA) is 85.9 Å². The SMILES string of the molecule is Cc1noc(C)c1-c1cc(Br)c2[nH]c(=O)n3c2c1OC[C@@H]3c1ccccn1. The summed E-state index contributed by atoms with van der Waals surface area (Å²) >= 11 is 3.59. The molecule has 0 radical (unpaired) electrons. The molecule has 0 saturated carbocycles. The van der Waals surface area contributed by atoms with E-state index >= 15 is 0 Å². The van der Waals surface area contributed by atoms with Gasteiger partial charge in [-0.25, -0.2) is 4.79 Å². The third-order valence-corrected chi connectivity index (χ3v) is 5.55. The van der Waals surface area contributed by atoms with Gasteiger partial charge in [0.15, 0.2) is 5.75 Å². The van der Waals surface area contributed by atoms with E-state index in [-0.39, 0.29) is 11.7 Å². The van der Waals surface area contributed by atoms with Gasteiger partial charge in [0, 0.05) is 16.2 Å². The summed E-state index contributed by atoms with van der Waals surface area (Å²) in [5, 5.41) is 4.05. The van der Waals surface area contributed by atoms with Crippen molar-refractivity contribution in [3.05, 3.63) is 62.6 Å². The summed E-state index contributed by atoms with van der Waals surface area (Å²) in [4.78, 5) is 20.2. The van der Waals surface area contributed by atoms with Crippen LogP contribution in [0.15, 0.2) is 44.3 Å². The van der Waals surface area contributed by atoms with Crippen molar-refractivity contribution in [3.8, 4) is 16.9 Å². The second-order valence-electron chi connectivity index (χ2n) is 6.54. The van der Waals surface area contributed by atoms with Gasteiger partial charge in [0.05, 0.1) is 22.5 Å². The number of aromatic amines is 1. The summed E-state index contributed by atoms with van der Waals surface area (Å²) in [6.07, 6.45) is 1.72. The molecule has 0 amide bonds. The summed E-state index contributed by atoms with van der Waals surface area (Å²) in [7, 11) is 0. The average Bonchev–Trinajstić information content (AvgIpc) is 3.20. The number of hydrogen-bond donors (Lipinski definition) is 1. The molecule has 4 heterocycles. The van der Waals surface area contributed by atoms with E-state index in [9.17, 15) is 4.79 Å². The van der Waals surface area contributed by atoms with E-state index in [1.807, 2.05) is 38.1 Å². The van der Waals surface area contributed by atoms with Gasteiger partial charge in [-0.3, -0.25) is 9.55 Å². The molecule has 1 atom stereocenters. The molecule has 0 fully saturated rings. The third kappa shape index (κ3) is 2.29. The van der Waals surface area contributed by atoms with Crippen molar-refractivity contribution in [3.63, 3.8) is 0 Å². The van der Waals surface area contributed by atoms with E-state index in [1.165, 1.54) is 0 Å². The summed E-state index contributed by atoms with van der Waals surface area (Å²) in [6, 6.07) is 7.29. The average molecular weight is 427 g/mol. The lowest BCUT2D eigenvalue weighted by molar-refractivity contribution is 0.255. The summed E-state index contributed by atoms with van der Waals surface area (Å²) in [5.41, 5.74) is 4.50. The van der Waals surface area contributed by atoms with Crippen LogP contribution < -0.4 is 10.4 Å². The molecular weight excluding hydrogens is 412 g/mol. The molecule has 136 valence electrons. The third-order valence-electron chi connectivity index (χ3n) is 4.93. The first-order chi connectivity index (χ1) is 13.1. The maximum absolute atomic E-state index is 12.8. The van der Waals surface area contributed by atoms with Crippen molar-refractivity contribution >= 4 is 27.0 Å². The lowest BCUT2D eigenvalue weighted by Gasteiger charge is -2.26.